The van der Waals surface area contributed by atoms with Crippen LogP contribution in [0.25, 0.3) is 0 Å². The summed E-state index contributed by atoms with van der Waals surface area (Å²) in [6.45, 7) is 13.3. The van der Waals surface area contributed by atoms with Gasteiger partial charge in [0.05, 0.1) is 12.2 Å². The van der Waals surface area contributed by atoms with Crippen molar-refractivity contribution in [2.75, 3.05) is 13.2 Å². The first kappa shape index (κ1) is 25.1. The van der Waals surface area contributed by atoms with Crippen molar-refractivity contribution >= 4 is 19.8 Å². The largest absolute Gasteiger partial charge is 0.472 e. The van der Waals surface area contributed by atoms with Crippen LogP contribution >= 0.6 is 7.82 Å². The lowest BCUT2D eigenvalue weighted by molar-refractivity contribution is -0.158. The highest BCUT2D eigenvalue weighted by Crippen LogP contribution is 2.50. The lowest BCUT2D eigenvalue weighted by Gasteiger charge is -2.38. The number of hydrogen-bond donors (Lipinski definition) is 1. The molecule has 0 heterocycles. The molecule has 0 aromatic heterocycles. The summed E-state index contributed by atoms with van der Waals surface area (Å²) in [6.07, 6.45) is -0.470. The normalized spacial score (nSPS) is 16.1. The first-order valence-corrected chi connectivity index (χ1v) is 10.0. The molecular formula is C17H33O8P. The summed E-state index contributed by atoms with van der Waals surface area (Å²) in [6, 6.07) is 0. The minimum absolute atomic E-state index is 0.112. The van der Waals surface area contributed by atoms with E-state index in [2.05, 4.69) is 27.7 Å². The van der Waals surface area contributed by atoms with Crippen molar-refractivity contribution in [1.29, 1.82) is 0 Å². The van der Waals surface area contributed by atoms with Crippen LogP contribution in [0.3, 0.4) is 0 Å². The molecule has 2 atom stereocenters. The highest BCUT2D eigenvalue weighted by atomic mass is 31.2. The van der Waals surface area contributed by atoms with Gasteiger partial charge >= 0.3 is 19.8 Å². The molecule has 0 saturated carbocycles. The first-order chi connectivity index (χ1) is 11.6. The van der Waals surface area contributed by atoms with Gasteiger partial charge in [-0.25, -0.2) is 4.57 Å². The quantitative estimate of drug-likeness (QED) is 0.418. The Kier molecular flexibility index (Phi) is 9.47. The zero-order valence-electron chi connectivity index (χ0n) is 17.0. The van der Waals surface area contributed by atoms with E-state index in [4.69, 9.17) is 18.5 Å². The van der Waals surface area contributed by atoms with Gasteiger partial charge in [0.2, 0.25) is 0 Å². The number of rotatable bonds is 11. The molecule has 0 amide bonds. The van der Waals surface area contributed by atoms with Crippen molar-refractivity contribution in [3.8, 4) is 0 Å². The van der Waals surface area contributed by atoms with Gasteiger partial charge in [-0.3, -0.25) is 18.6 Å². The van der Waals surface area contributed by atoms with Gasteiger partial charge in [-0.05, 0) is 31.6 Å². The molecule has 0 aliphatic rings. The number of phosphoric ester groups is 1. The summed E-state index contributed by atoms with van der Waals surface area (Å²) >= 11 is 0. The van der Waals surface area contributed by atoms with E-state index >= 15 is 0 Å². The summed E-state index contributed by atoms with van der Waals surface area (Å²) in [5, 5.41) is 0. The molecular weight excluding hydrogens is 363 g/mol. The van der Waals surface area contributed by atoms with Gasteiger partial charge < -0.3 is 14.4 Å². The number of carbonyl (C=O) groups is 2. The molecule has 154 valence electrons. The number of carbonyl (C=O) groups excluding carboxylic acids is 2. The summed E-state index contributed by atoms with van der Waals surface area (Å²) in [5.74, 6) is -0.845. The highest BCUT2D eigenvalue weighted by molar-refractivity contribution is 7.47. The van der Waals surface area contributed by atoms with Gasteiger partial charge in [-0.15, -0.1) is 0 Å². The van der Waals surface area contributed by atoms with Crippen LogP contribution in [0.4, 0.5) is 0 Å². The van der Waals surface area contributed by atoms with Crippen LogP contribution in [-0.4, -0.2) is 41.8 Å². The second-order valence-electron chi connectivity index (χ2n) is 7.97. The van der Waals surface area contributed by atoms with Crippen LogP contribution in [-0.2, 0) is 32.7 Å². The van der Waals surface area contributed by atoms with E-state index in [0.717, 1.165) is 0 Å². The van der Waals surface area contributed by atoms with Crippen LogP contribution in [0, 0.1) is 11.3 Å². The predicted octanol–water partition coefficient (Wildman–Crippen LogP) is 3.47. The Morgan fingerprint density at radius 2 is 1.58 bits per heavy atom. The maximum atomic E-state index is 12.3. The summed E-state index contributed by atoms with van der Waals surface area (Å²) in [4.78, 5) is 32.0. The number of hydrogen-bond acceptors (Lipinski definition) is 7. The maximum Gasteiger partial charge on any atom is 0.472 e. The molecule has 8 nitrogen and oxygen atoms in total. The van der Waals surface area contributed by atoms with E-state index in [-0.39, 0.29) is 12.0 Å². The summed E-state index contributed by atoms with van der Waals surface area (Å²) < 4.78 is 32.2. The Morgan fingerprint density at radius 1 is 1.04 bits per heavy atom. The Morgan fingerprint density at radius 3 is 2.00 bits per heavy atom. The molecule has 9 heteroatoms. The SMILES string of the molecule is CC(=O)OCC(COP(=O)(O)OC(C)(C)CC(C)(C)C(C)C)OC(C)=O. The molecule has 0 bridgehead atoms. The van der Waals surface area contributed by atoms with E-state index in [1.54, 1.807) is 13.8 Å². The fourth-order valence-corrected chi connectivity index (χ4v) is 3.51. The van der Waals surface area contributed by atoms with Crippen LogP contribution in [0.2, 0.25) is 0 Å². The first-order valence-electron chi connectivity index (χ1n) is 8.55. The van der Waals surface area contributed by atoms with Crippen molar-refractivity contribution < 1.29 is 37.6 Å². The van der Waals surface area contributed by atoms with E-state index in [1.165, 1.54) is 13.8 Å². The average Bonchev–Trinajstić information content (AvgIpc) is 2.38. The Hall–Kier alpha value is -0.950. The van der Waals surface area contributed by atoms with Crippen LogP contribution in [0.1, 0.15) is 61.8 Å². The summed E-state index contributed by atoms with van der Waals surface area (Å²) in [5.41, 5.74) is -1.02. The van der Waals surface area contributed by atoms with Crippen molar-refractivity contribution in [2.45, 2.75) is 73.5 Å². The molecule has 0 aromatic rings. The van der Waals surface area contributed by atoms with Gasteiger partial charge in [0.15, 0.2) is 6.10 Å². The molecule has 0 aromatic carbocycles. The molecule has 0 aliphatic heterocycles. The van der Waals surface area contributed by atoms with E-state index in [1.807, 2.05) is 0 Å². The van der Waals surface area contributed by atoms with Gasteiger partial charge in [-0.2, -0.15) is 0 Å². The third-order valence-electron chi connectivity index (χ3n) is 4.04. The van der Waals surface area contributed by atoms with Crippen molar-refractivity contribution in [1.82, 2.24) is 0 Å². The molecule has 1 N–H and O–H groups in total. The standard InChI is InChI=1S/C17H33O8P/c1-12(2)16(5,6)11-17(7,8)25-26(20,21)23-10-15(24-14(4)19)9-22-13(3)18/h12,15H,9-11H2,1-8H3,(H,20,21). The fourth-order valence-electron chi connectivity index (χ4n) is 2.41. The molecule has 0 rings (SSSR count). The molecule has 0 saturated heterocycles. The van der Waals surface area contributed by atoms with Crippen molar-refractivity contribution in [2.24, 2.45) is 11.3 Å². The van der Waals surface area contributed by atoms with Gasteiger partial charge in [0.1, 0.15) is 6.61 Å². The molecule has 0 spiro atoms. The minimum atomic E-state index is -4.41. The second kappa shape index (κ2) is 9.83. The minimum Gasteiger partial charge on any atom is -0.462 e. The highest BCUT2D eigenvalue weighted by Gasteiger charge is 2.38. The third-order valence-corrected chi connectivity index (χ3v) is 5.24. The average molecular weight is 396 g/mol. The van der Waals surface area contributed by atoms with Gasteiger partial charge in [-0.1, -0.05) is 27.7 Å². The smallest absolute Gasteiger partial charge is 0.462 e. The van der Waals surface area contributed by atoms with Crippen molar-refractivity contribution in [3.05, 3.63) is 0 Å². The van der Waals surface area contributed by atoms with E-state index < -0.39 is 38.1 Å². The lowest BCUT2D eigenvalue weighted by Crippen LogP contribution is -2.34. The summed E-state index contributed by atoms with van der Waals surface area (Å²) in [7, 11) is -4.41. The molecule has 0 fully saturated rings. The molecule has 2 unspecified atom stereocenters. The zero-order chi connectivity index (χ0) is 20.8. The van der Waals surface area contributed by atoms with E-state index in [0.29, 0.717) is 12.3 Å². The number of esters is 2. The third kappa shape index (κ3) is 10.9. The van der Waals surface area contributed by atoms with Crippen LogP contribution < -0.4 is 0 Å². The zero-order valence-corrected chi connectivity index (χ0v) is 17.9. The molecule has 26 heavy (non-hydrogen) atoms. The monoisotopic (exact) mass is 396 g/mol. The number of ether oxygens (including phenoxy) is 2. The van der Waals surface area contributed by atoms with Gasteiger partial charge in [0.25, 0.3) is 0 Å². The predicted molar refractivity (Wildman–Crippen MR) is 96.4 cm³/mol. The molecule has 0 radical (unpaired) electrons. The molecule has 0 aliphatic carbocycles. The van der Waals surface area contributed by atoms with Crippen molar-refractivity contribution in [3.63, 3.8) is 0 Å². The number of phosphoric acid groups is 1. The van der Waals surface area contributed by atoms with Crippen LogP contribution in [0.5, 0.6) is 0 Å². The van der Waals surface area contributed by atoms with Gasteiger partial charge in [0, 0.05) is 13.8 Å². The van der Waals surface area contributed by atoms with Crippen LogP contribution in [0.15, 0.2) is 0 Å². The second-order valence-corrected chi connectivity index (χ2v) is 9.35. The Bertz CT molecular complexity index is 527. The topological polar surface area (TPSA) is 108 Å². The Balaban J connectivity index is 4.85. The Labute approximate surface area is 156 Å². The van der Waals surface area contributed by atoms with E-state index in [9.17, 15) is 19.0 Å². The fraction of sp³-hybridized carbons (Fsp3) is 0.882. The maximum absolute atomic E-state index is 12.3. The lowest BCUT2D eigenvalue weighted by atomic mass is 9.74.